The number of rotatable bonds is 4. The van der Waals surface area contributed by atoms with E-state index < -0.39 is 0 Å². The highest BCUT2D eigenvalue weighted by Gasteiger charge is 2.24. The molecule has 4 heteroatoms. The summed E-state index contributed by atoms with van der Waals surface area (Å²) in [6.45, 7) is 3.07. The van der Waals surface area contributed by atoms with Crippen molar-refractivity contribution in [2.24, 2.45) is 0 Å². The van der Waals surface area contributed by atoms with E-state index in [1.807, 2.05) is 0 Å². The molecular weight excluding hydrogens is 265 g/mol. The summed E-state index contributed by atoms with van der Waals surface area (Å²) in [4.78, 5) is 13.5. The molecule has 0 amide bonds. The molecular formula is C15H19ClFNO. The number of hydrogen-bond donors (Lipinski definition) is 0. The molecule has 2 rings (SSSR count). The molecule has 1 heterocycles. The van der Waals surface area contributed by atoms with Crippen LogP contribution < -0.4 is 0 Å². The summed E-state index contributed by atoms with van der Waals surface area (Å²) >= 11 is 5.92. The topological polar surface area (TPSA) is 20.3 Å². The minimum atomic E-state index is -0.225. The van der Waals surface area contributed by atoms with Crippen molar-refractivity contribution in [1.29, 1.82) is 0 Å². The van der Waals surface area contributed by atoms with Gasteiger partial charge in [-0.15, -0.1) is 0 Å². The van der Waals surface area contributed by atoms with E-state index in [4.69, 9.17) is 11.6 Å². The molecule has 0 saturated carbocycles. The van der Waals surface area contributed by atoms with Crippen LogP contribution in [0.5, 0.6) is 0 Å². The summed E-state index contributed by atoms with van der Waals surface area (Å²) in [6.07, 6.45) is 3.83. The Balaban J connectivity index is 2.10. The van der Waals surface area contributed by atoms with Crippen molar-refractivity contribution in [2.45, 2.75) is 45.2 Å². The number of ketones is 1. The van der Waals surface area contributed by atoms with Crippen LogP contribution in [0, 0.1) is 5.82 Å². The number of Topliss-reactive ketones (excluding diaryl/α,β-unsaturated/α-hetero) is 1. The van der Waals surface area contributed by atoms with Crippen molar-refractivity contribution >= 4 is 17.4 Å². The predicted octanol–water partition coefficient (Wildman–Crippen LogP) is 3.81. The third-order valence-electron chi connectivity index (χ3n) is 3.65. The highest BCUT2D eigenvalue weighted by Crippen LogP contribution is 2.24. The van der Waals surface area contributed by atoms with Crippen LogP contribution in [0.1, 0.15) is 38.2 Å². The summed E-state index contributed by atoms with van der Waals surface area (Å²) < 4.78 is 13.8. The fourth-order valence-corrected chi connectivity index (χ4v) is 2.91. The Kier molecular flexibility index (Phi) is 4.94. The van der Waals surface area contributed by atoms with Gasteiger partial charge in [0, 0.05) is 29.6 Å². The molecule has 1 aromatic carbocycles. The molecule has 0 aliphatic carbocycles. The van der Waals surface area contributed by atoms with Crippen LogP contribution in [-0.2, 0) is 11.3 Å². The van der Waals surface area contributed by atoms with Gasteiger partial charge >= 0.3 is 0 Å². The van der Waals surface area contributed by atoms with Gasteiger partial charge in [0.1, 0.15) is 11.6 Å². The van der Waals surface area contributed by atoms with E-state index in [1.165, 1.54) is 6.07 Å². The van der Waals surface area contributed by atoms with Crippen LogP contribution in [0.4, 0.5) is 4.39 Å². The molecule has 19 heavy (non-hydrogen) atoms. The van der Waals surface area contributed by atoms with Crippen molar-refractivity contribution in [3.05, 3.63) is 34.6 Å². The van der Waals surface area contributed by atoms with Gasteiger partial charge in [-0.25, -0.2) is 4.39 Å². The van der Waals surface area contributed by atoms with Crippen molar-refractivity contribution in [1.82, 2.24) is 4.90 Å². The molecule has 0 spiro atoms. The predicted molar refractivity (Wildman–Crippen MR) is 74.8 cm³/mol. The molecule has 2 nitrogen and oxygen atoms in total. The van der Waals surface area contributed by atoms with Gasteiger partial charge in [-0.2, -0.15) is 0 Å². The zero-order chi connectivity index (χ0) is 13.8. The number of hydrogen-bond acceptors (Lipinski definition) is 2. The van der Waals surface area contributed by atoms with Crippen molar-refractivity contribution in [2.75, 3.05) is 6.54 Å². The van der Waals surface area contributed by atoms with Gasteiger partial charge in [-0.1, -0.05) is 18.0 Å². The Hall–Kier alpha value is -0.930. The Morgan fingerprint density at radius 3 is 3.00 bits per heavy atom. The minimum absolute atomic E-state index is 0.198. The van der Waals surface area contributed by atoms with Crippen molar-refractivity contribution < 1.29 is 9.18 Å². The van der Waals surface area contributed by atoms with E-state index in [9.17, 15) is 9.18 Å². The highest BCUT2D eigenvalue weighted by molar-refractivity contribution is 6.30. The van der Waals surface area contributed by atoms with E-state index in [0.29, 0.717) is 23.6 Å². The first-order valence-corrected chi connectivity index (χ1v) is 7.11. The molecule has 1 aliphatic heterocycles. The maximum atomic E-state index is 13.8. The number of piperidine rings is 1. The second kappa shape index (κ2) is 6.49. The van der Waals surface area contributed by atoms with Crippen molar-refractivity contribution in [3.63, 3.8) is 0 Å². The van der Waals surface area contributed by atoms with E-state index in [-0.39, 0.29) is 17.6 Å². The fraction of sp³-hybridized carbons (Fsp3) is 0.533. The lowest BCUT2D eigenvalue weighted by molar-refractivity contribution is -0.118. The minimum Gasteiger partial charge on any atom is -0.300 e. The summed E-state index contributed by atoms with van der Waals surface area (Å²) in [6, 6.07) is 4.88. The molecule has 0 aromatic heterocycles. The monoisotopic (exact) mass is 283 g/mol. The normalized spacial score (nSPS) is 20.5. The van der Waals surface area contributed by atoms with Crippen LogP contribution in [0.25, 0.3) is 0 Å². The first kappa shape index (κ1) is 14.5. The van der Waals surface area contributed by atoms with Gasteiger partial charge in [0.25, 0.3) is 0 Å². The number of benzene rings is 1. The molecule has 0 radical (unpaired) electrons. The second-order valence-corrected chi connectivity index (χ2v) is 5.70. The van der Waals surface area contributed by atoms with Gasteiger partial charge in [-0.05, 0) is 44.5 Å². The molecule has 0 N–H and O–H groups in total. The lowest BCUT2D eigenvalue weighted by Crippen LogP contribution is -2.40. The number of likely N-dealkylation sites (tertiary alicyclic amines) is 1. The van der Waals surface area contributed by atoms with Crippen LogP contribution in [-0.4, -0.2) is 23.3 Å². The van der Waals surface area contributed by atoms with E-state index in [2.05, 4.69) is 4.90 Å². The van der Waals surface area contributed by atoms with Gasteiger partial charge in [-0.3, -0.25) is 9.69 Å². The lowest BCUT2D eigenvalue weighted by Gasteiger charge is -2.35. The third-order valence-corrected chi connectivity index (χ3v) is 3.89. The Morgan fingerprint density at radius 2 is 2.26 bits per heavy atom. The maximum Gasteiger partial charge on any atom is 0.131 e. The molecule has 104 valence electrons. The quantitative estimate of drug-likeness (QED) is 0.837. The molecule has 1 fully saturated rings. The highest BCUT2D eigenvalue weighted by atomic mass is 35.5. The molecule has 1 aliphatic rings. The number of nitrogens with zero attached hydrogens (tertiary/aromatic N) is 1. The van der Waals surface area contributed by atoms with Crippen molar-refractivity contribution in [3.8, 4) is 0 Å². The standard InChI is InChI=1S/C15H19ClFNO/c1-11(19)8-14-4-2-3-7-18(14)10-12-9-13(16)5-6-15(12)17/h5-6,9,14H,2-4,7-8,10H2,1H3. The summed E-state index contributed by atoms with van der Waals surface area (Å²) in [7, 11) is 0. The SMILES string of the molecule is CC(=O)CC1CCCCN1Cc1cc(Cl)ccc1F. The molecule has 1 aromatic rings. The van der Waals surface area contributed by atoms with Crippen LogP contribution >= 0.6 is 11.6 Å². The first-order valence-electron chi connectivity index (χ1n) is 6.73. The first-order chi connectivity index (χ1) is 9.06. The van der Waals surface area contributed by atoms with E-state index >= 15 is 0 Å². The molecule has 1 unspecified atom stereocenters. The molecule has 0 bridgehead atoms. The fourth-order valence-electron chi connectivity index (χ4n) is 2.71. The lowest BCUT2D eigenvalue weighted by atomic mass is 9.97. The smallest absolute Gasteiger partial charge is 0.131 e. The van der Waals surface area contributed by atoms with E-state index in [0.717, 1.165) is 25.8 Å². The third kappa shape index (κ3) is 4.02. The second-order valence-electron chi connectivity index (χ2n) is 5.26. The van der Waals surface area contributed by atoms with Gasteiger partial charge in [0.2, 0.25) is 0 Å². The maximum absolute atomic E-state index is 13.8. The van der Waals surface area contributed by atoms with E-state index in [1.54, 1.807) is 19.1 Å². The van der Waals surface area contributed by atoms with Gasteiger partial charge < -0.3 is 0 Å². The zero-order valence-electron chi connectivity index (χ0n) is 11.2. The number of carbonyl (C=O) groups is 1. The Labute approximate surface area is 118 Å². The number of halogens is 2. The average Bonchev–Trinajstić information content (AvgIpc) is 2.35. The number of carbonyl (C=O) groups excluding carboxylic acids is 1. The zero-order valence-corrected chi connectivity index (χ0v) is 11.9. The summed E-state index contributed by atoms with van der Waals surface area (Å²) in [5, 5.41) is 0.552. The van der Waals surface area contributed by atoms with Gasteiger partial charge in [0.15, 0.2) is 0 Å². The average molecular weight is 284 g/mol. The van der Waals surface area contributed by atoms with Crippen LogP contribution in [0.3, 0.4) is 0 Å². The largest absolute Gasteiger partial charge is 0.300 e. The summed E-state index contributed by atoms with van der Waals surface area (Å²) in [5.41, 5.74) is 0.614. The van der Waals surface area contributed by atoms with Crippen LogP contribution in [0.2, 0.25) is 5.02 Å². The van der Waals surface area contributed by atoms with Gasteiger partial charge in [0.05, 0.1) is 0 Å². The molecule has 1 saturated heterocycles. The Morgan fingerprint density at radius 1 is 1.47 bits per heavy atom. The molecule has 1 atom stereocenters. The Bertz CT molecular complexity index is 463. The van der Waals surface area contributed by atoms with Crippen LogP contribution in [0.15, 0.2) is 18.2 Å². The summed E-state index contributed by atoms with van der Waals surface area (Å²) in [5.74, 6) is -0.0278.